The number of likely N-dealkylation sites (N-methyl/N-ethyl adjacent to an activating group) is 1. The molecule has 0 aromatic carbocycles. The molecule has 0 unspecified atom stereocenters. The summed E-state index contributed by atoms with van der Waals surface area (Å²) in [5.74, 6) is 1.59. The summed E-state index contributed by atoms with van der Waals surface area (Å²) in [5.41, 5.74) is 0. The second kappa shape index (κ2) is 7.38. The standard InChI is InChI=1S/C14H27N5O/c1-10(2)9-19(8-7-18(5)6)14(20)13-15-12(11(3)4)16-17-13/h10-11H,7-9H2,1-6H3,(H,15,16,17). The van der Waals surface area contributed by atoms with Crippen molar-refractivity contribution in [2.75, 3.05) is 33.7 Å². The predicted octanol–water partition coefficient (Wildman–Crippen LogP) is 1.59. The first-order valence-corrected chi connectivity index (χ1v) is 7.17. The second-order valence-electron chi connectivity index (χ2n) is 6.15. The normalized spacial score (nSPS) is 11.7. The van der Waals surface area contributed by atoms with E-state index in [1.165, 1.54) is 0 Å². The van der Waals surface area contributed by atoms with Crippen molar-refractivity contribution in [3.63, 3.8) is 0 Å². The fraction of sp³-hybridized carbons (Fsp3) is 0.786. The van der Waals surface area contributed by atoms with Crippen LogP contribution in [-0.4, -0.2) is 64.6 Å². The molecule has 1 amide bonds. The van der Waals surface area contributed by atoms with Gasteiger partial charge in [0.1, 0.15) is 5.82 Å². The first kappa shape index (κ1) is 16.6. The molecule has 0 bridgehead atoms. The molecule has 6 nitrogen and oxygen atoms in total. The predicted molar refractivity (Wildman–Crippen MR) is 79.8 cm³/mol. The van der Waals surface area contributed by atoms with Gasteiger partial charge in [0.05, 0.1) is 0 Å². The summed E-state index contributed by atoms with van der Waals surface area (Å²) in [7, 11) is 4.00. The van der Waals surface area contributed by atoms with Crippen LogP contribution in [0.3, 0.4) is 0 Å². The molecule has 1 N–H and O–H groups in total. The molecular weight excluding hydrogens is 254 g/mol. The van der Waals surface area contributed by atoms with E-state index in [-0.39, 0.29) is 17.6 Å². The zero-order chi connectivity index (χ0) is 15.3. The summed E-state index contributed by atoms with van der Waals surface area (Å²) in [6.45, 7) is 10.5. The number of hydrogen-bond donors (Lipinski definition) is 1. The van der Waals surface area contributed by atoms with Crippen LogP contribution >= 0.6 is 0 Å². The summed E-state index contributed by atoms with van der Waals surface area (Å²) in [4.78, 5) is 20.7. The molecule has 1 aromatic rings. The summed E-state index contributed by atoms with van der Waals surface area (Å²) < 4.78 is 0. The van der Waals surface area contributed by atoms with Gasteiger partial charge in [-0.25, -0.2) is 4.98 Å². The van der Waals surface area contributed by atoms with Gasteiger partial charge in [-0.15, -0.1) is 5.10 Å². The molecule has 1 aromatic heterocycles. The van der Waals surface area contributed by atoms with Gasteiger partial charge in [0.15, 0.2) is 0 Å². The minimum absolute atomic E-state index is 0.0938. The van der Waals surface area contributed by atoms with Crippen molar-refractivity contribution >= 4 is 5.91 Å². The SMILES string of the molecule is CC(C)CN(CCN(C)C)C(=O)c1n[nH]c(C(C)C)n1. The van der Waals surface area contributed by atoms with E-state index in [4.69, 9.17) is 0 Å². The highest BCUT2D eigenvalue weighted by Gasteiger charge is 2.21. The number of nitrogens with one attached hydrogen (secondary N) is 1. The average molecular weight is 281 g/mol. The maximum absolute atomic E-state index is 12.5. The lowest BCUT2D eigenvalue weighted by Gasteiger charge is -2.24. The van der Waals surface area contributed by atoms with Crippen molar-refractivity contribution in [1.29, 1.82) is 0 Å². The average Bonchev–Trinajstić information content (AvgIpc) is 2.82. The molecule has 0 radical (unpaired) electrons. The number of H-pyrrole nitrogens is 1. The Morgan fingerprint density at radius 1 is 1.20 bits per heavy atom. The van der Waals surface area contributed by atoms with Gasteiger partial charge in [0.2, 0.25) is 5.82 Å². The zero-order valence-electron chi connectivity index (χ0n) is 13.5. The molecule has 0 aliphatic rings. The molecule has 6 heteroatoms. The number of nitrogens with zero attached hydrogens (tertiary/aromatic N) is 4. The molecule has 0 aliphatic carbocycles. The Morgan fingerprint density at radius 2 is 1.85 bits per heavy atom. The lowest BCUT2D eigenvalue weighted by atomic mass is 10.2. The van der Waals surface area contributed by atoms with Crippen LogP contribution in [0, 0.1) is 5.92 Å². The van der Waals surface area contributed by atoms with Crippen molar-refractivity contribution in [3.8, 4) is 0 Å². The van der Waals surface area contributed by atoms with Crippen molar-refractivity contribution in [2.24, 2.45) is 5.92 Å². The fourth-order valence-electron chi connectivity index (χ4n) is 1.81. The maximum atomic E-state index is 12.5. The Kier molecular flexibility index (Phi) is 6.13. The highest BCUT2D eigenvalue weighted by molar-refractivity contribution is 5.90. The minimum Gasteiger partial charge on any atom is -0.334 e. The molecule has 0 aliphatic heterocycles. The van der Waals surface area contributed by atoms with Crippen LogP contribution in [0.5, 0.6) is 0 Å². The van der Waals surface area contributed by atoms with Gasteiger partial charge < -0.3 is 9.80 Å². The van der Waals surface area contributed by atoms with Gasteiger partial charge in [-0.3, -0.25) is 9.89 Å². The van der Waals surface area contributed by atoms with Crippen LogP contribution < -0.4 is 0 Å². The summed E-state index contributed by atoms with van der Waals surface area (Å²) in [5, 5.41) is 6.89. The highest BCUT2D eigenvalue weighted by Crippen LogP contribution is 2.10. The third-order valence-corrected chi connectivity index (χ3v) is 2.93. The van der Waals surface area contributed by atoms with E-state index in [9.17, 15) is 4.79 Å². The Labute approximate surface area is 121 Å². The van der Waals surface area contributed by atoms with E-state index in [1.54, 1.807) is 0 Å². The van der Waals surface area contributed by atoms with Gasteiger partial charge in [-0.2, -0.15) is 0 Å². The fourth-order valence-corrected chi connectivity index (χ4v) is 1.81. The van der Waals surface area contributed by atoms with Crippen molar-refractivity contribution in [2.45, 2.75) is 33.6 Å². The van der Waals surface area contributed by atoms with Gasteiger partial charge in [0.25, 0.3) is 5.91 Å². The van der Waals surface area contributed by atoms with Gasteiger partial charge in [-0.1, -0.05) is 27.7 Å². The molecule has 0 atom stereocenters. The van der Waals surface area contributed by atoms with Gasteiger partial charge >= 0.3 is 0 Å². The Morgan fingerprint density at radius 3 is 2.30 bits per heavy atom. The molecule has 0 fully saturated rings. The van der Waals surface area contributed by atoms with E-state index in [0.29, 0.717) is 12.5 Å². The van der Waals surface area contributed by atoms with Crippen LogP contribution in [0.1, 0.15) is 50.1 Å². The van der Waals surface area contributed by atoms with E-state index in [0.717, 1.165) is 18.9 Å². The molecule has 114 valence electrons. The van der Waals surface area contributed by atoms with Crippen LogP contribution in [0.2, 0.25) is 0 Å². The number of amides is 1. The molecule has 20 heavy (non-hydrogen) atoms. The summed E-state index contributed by atoms with van der Waals surface area (Å²) in [6.07, 6.45) is 0. The monoisotopic (exact) mass is 281 g/mol. The quantitative estimate of drug-likeness (QED) is 0.824. The molecule has 0 saturated carbocycles. The molecule has 0 saturated heterocycles. The smallest absolute Gasteiger partial charge is 0.293 e. The molecular formula is C14H27N5O. The summed E-state index contributed by atoms with van der Waals surface area (Å²) in [6, 6.07) is 0. The highest BCUT2D eigenvalue weighted by atomic mass is 16.2. The number of carbonyl (C=O) groups excluding carboxylic acids is 1. The van der Waals surface area contributed by atoms with Crippen LogP contribution in [-0.2, 0) is 0 Å². The van der Waals surface area contributed by atoms with Gasteiger partial charge in [-0.05, 0) is 20.0 Å². The minimum atomic E-state index is -0.0938. The largest absolute Gasteiger partial charge is 0.334 e. The van der Waals surface area contributed by atoms with E-state index >= 15 is 0 Å². The van der Waals surface area contributed by atoms with E-state index in [2.05, 4.69) is 33.9 Å². The van der Waals surface area contributed by atoms with Crippen molar-refractivity contribution in [1.82, 2.24) is 25.0 Å². The first-order chi connectivity index (χ1) is 9.31. The Hall–Kier alpha value is -1.43. The van der Waals surface area contributed by atoms with Crippen molar-refractivity contribution < 1.29 is 4.79 Å². The van der Waals surface area contributed by atoms with Crippen molar-refractivity contribution in [3.05, 3.63) is 11.6 Å². The topological polar surface area (TPSA) is 65.1 Å². The lowest BCUT2D eigenvalue weighted by Crippen LogP contribution is -2.39. The third kappa shape index (κ3) is 4.92. The number of aromatic amines is 1. The second-order valence-corrected chi connectivity index (χ2v) is 6.15. The van der Waals surface area contributed by atoms with E-state index in [1.807, 2.05) is 32.8 Å². The van der Waals surface area contributed by atoms with E-state index < -0.39 is 0 Å². The lowest BCUT2D eigenvalue weighted by molar-refractivity contribution is 0.0712. The van der Waals surface area contributed by atoms with Crippen LogP contribution in [0.15, 0.2) is 0 Å². The number of aromatic nitrogens is 3. The molecule has 0 spiro atoms. The Bertz CT molecular complexity index is 425. The zero-order valence-corrected chi connectivity index (χ0v) is 13.5. The molecule has 1 rings (SSSR count). The first-order valence-electron chi connectivity index (χ1n) is 7.17. The number of carbonyl (C=O) groups is 1. The van der Waals surface area contributed by atoms with Crippen LogP contribution in [0.4, 0.5) is 0 Å². The Balaban J connectivity index is 2.79. The number of hydrogen-bond acceptors (Lipinski definition) is 4. The number of rotatable bonds is 7. The van der Waals surface area contributed by atoms with Gasteiger partial charge in [0, 0.05) is 25.6 Å². The summed E-state index contributed by atoms with van der Waals surface area (Å²) >= 11 is 0. The third-order valence-electron chi connectivity index (χ3n) is 2.93. The van der Waals surface area contributed by atoms with Crippen LogP contribution in [0.25, 0.3) is 0 Å². The molecule has 1 heterocycles. The maximum Gasteiger partial charge on any atom is 0.293 e.